The Hall–Kier alpha value is -1.92. The maximum Gasteiger partial charge on any atom is 0.211 e. The number of fused-ring (bicyclic) bond motifs is 1. The lowest BCUT2D eigenvalue weighted by molar-refractivity contribution is 0.412. The molecule has 1 aromatic carbocycles. The van der Waals surface area contributed by atoms with Gasteiger partial charge >= 0.3 is 0 Å². The predicted octanol–water partition coefficient (Wildman–Crippen LogP) is 2.17. The second-order valence-electron chi connectivity index (χ2n) is 3.99. The number of guanidine groups is 1. The molecule has 0 atom stereocenters. The van der Waals surface area contributed by atoms with Crippen molar-refractivity contribution in [2.45, 2.75) is 6.92 Å². The van der Waals surface area contributed by atoms with E-state index in [-0.39, 0.29) is 18.4 Å². The van der Waals surface area contributed by atoms with E-state index in [2.05, 4.69) is 15.2 Å². The number of H-pyrrole nitrogens is 1. The third kappa shape index (κ3) is 3.15. The number of aryl methyl sites for hydroxylation is 1. The van der Waals surface area contributed by atoms with Crippen molar-refractivity contribution in [3.8, 4) is 5.75 Å². The molecule has 5 N–H and O–H groups in total. The average Bonchev–Trinajstić information content (AvgIpc) is 2.63. The molecule has 0 saturated heterocycles. The third-order valence-corrected chi connectivity index (χ3v) is 2.96. The van der Waals surface area contributed by atoms with Crippen LogP contribution in [0, 0.1) is 6.92 Å². The number of hydrogen-bond acceptors (Lipinski definition) is 3. The number of aromatic nitrogens is 1. The molecule has 2 aromatic rings. The standard InChI is InChI=1S/C12H14ClN5O.ClH/c1-6-3-9-7(4-10(6)19-2)8(11(13)17-9)5-16-18-12(14)15;/h3-5,17H,1-2H3,(H4,14,15,18);1H/b16-5-;. The summed E-state index contributed by atoms with van der Waals surface area (Å²) in [4.78, 5) is 3.06. The van der Waals surface area contributed by atoms with Crippen LogP contribution in [0.5, 0.6) is 5.75 Å². The molecular formula is C12H15Cl2N5O. The van der Waals surface area contributed by atoms with Crippen LogP contribution in [0.3, 0.4) is 0 Å². The number of nitrogens with one attached hydrogen (secondary N) is 1. The van der Waals surface area contributed by atoms with Crippen LogP contribution in [0.1, 0.15) is 11.1 Å². The van der Waals surface area contributed by atoms with Gasteiger partial charge in [0.15, 0.2) is 0 Å². The summed E-state index contributed by atoms with van der Waals surface area (Å²) in [5.74, 6) is 0.667. The molecule has 0 spiro atoms. The van der Waals surface area contributed by atoms with Crippen LogP contribution in [0.15, 0.2) is 22.3 Å². The predicted molar refractivity (Wildman–Crippen MR) is 85.2 cm³/mol. The average molecular weight is 316 g/mol. The van der Waals surface area contributed by atoms with Crippen molar-refractivity contribution in [2.75, 3.05) is 7.11 Å². The van der Waals surface area contributed by atoms with Crippen LogP contribution in [0.4, 0.5) is 0 Å². The van der Waals surface area contributed by atoms with E-state index in [9.17, 15) is 0 Å². The highest BCUT2D eigenvalue weighted by atomic mass is 35.5. The number of methoxy groups -OCH3 is 1. The molecule has 6 nitrogen and oxygen atoms in total. The van der Waals surface area contributed by atoms with Crippen molar-refractivity contribution in [1.82, 2.24) is 4.98 Å². The van der Waals surface area contributed by atoms with Crippen LogP contribution >= 0.6 is 24.0 Å². The summed E-state index contributed by atoms with van der Waals surface area (Å²) in [5.41, 5.74) is 13.0. The summed E-state index contributed by atoms with van der Waals surface area (Å²) in [7, 11) is 1.62. The third-order valence-electron chi connectivity index (χ3n) is 2.67. The summed E-state index contributed by atoms with van der Waals surface area (Å²) < 4.78 is 5.29. The van der Waals surface area contributed by atoms with E-state index >= 15 is 0 Å². The largest absolute Gasteiger partial charge is 0.496 e. The lowest BCUT2D eigenvalue weighted by atomic mass is 10.1. The number of aromatic amines is 1. The van der Waals surface area contributed by atoms with Gasteiger partial charge in [-0.25, -0.2) is 0 Å². The minimum atomic E-state index is -0.111. The van der Waals surface area contributed by atoms with E-state index in [0.29, 0.717) is 10.7 Å². The maximum absolute atomic E-state index is 6.13. The fourth-order valence-electron chi connectivity index (χ4n) is 1.82. The first-order valence-electron chi connectivity index (χ1n) is 5.50. The number of hydrogen-bond donors (Lipinski definition) is 3. The van der Waals surface area contributed by atoms with Crippen molar-refractivity contribution in [2.24, 2.45) is 21.7 Å². The van der Waals surface area contributed by atoms with Gasteiger partial charge in [0.2, 0.25) is 5.96 Å². The second-order valence-corrected chi connectivity index (χ2v) is 4.37. The van der Waals surface area contributed by atoms with Gasteiger partial charge in [-0.1, -0.05) is 11.6 Å². The zero-order valence-electron chi connectivity index (χ0n) is 11.0. The molecule has 0 aliphatic carbocycles. The van der Waals surface area contributed by atoms with Crippen LogP contribution in [-0.2, 0) is 0 Å². The van der Waals surface area contributed by atoms with E-state index in [0.717, 1.165) is 22.2 Å². The molecule has 8 heteroatoms. The Labute approximate surface area is 127 Å². The molecule has 0 radical (unpaired) electrons. The summed E-state index contributed by atoms with van der Waals surface area (Å²) in [6.45, 7) is 1.96. The molecule has 20 heavy (non-hydrogen) atoms. The molecule has 0 amide bonds. The van der Waals surface area contributed by atoms with Crippen molar-refractivity contribution < 1.29 is 4.74 Å². The van der Waals surface area contributed by atoms with Crippen LogP contribution in [-0.4, -0.2) is 24.3 Å². The van der Waals surface area contributed by atoms with Crippen molar-refractivity contribution >= 4 is 47.1 Å². The highest BCUT2D eigenvalue weighted by molar-refractivity contribution is 6.34. The van der Waals surface area contributed by atoms with E-state index < -0.39 is 0 Å². The van der Waals surface area contributed by atoms with Gasteiger partial charge in [0.25, 0.3) is 0 Å². The molecule has 1 heterocycles. The first kappa shape index (κ1) is 16.1. The normalized spacial score (nSPS) is 10.6. The molecule has 1 aromatic heterocycles. The number of rotatable bonds is 3. The Balaban J connectivity index is 0.00000200. The fraction of sp³-hybridized carbons (Fsp3) is 0.167. The highest BCUT2D eigenvalue weighted by Gasteiger charge is 2.11. The maximum atomic E-state index is 6.13. The van der Waals surface area contributed by atoms with Gasteiger partial charge in [0.05, 0.1) is 13.3 Å². The molecule has 0 fully saturated rings. The zero-order chi connectivity index (χ0) is 14.0. The minimum absolute atomic E-state index is 0. The van der Waals surface area contributed by atoms with E-state index in [1.54, 1.807) is 7.11 Å². The summed E-state index contributed by atoms with van der Waals surface area (Å²) in [6, 6.07) is 3.85. The van der Waals surface area contributed by atoms with Crippen molar-refractivity contribution in [1.29, 1.82) is 0 Å². The SMILES string of the molecule is COc1cc2c(/C=N\N=C(N)N)c(Cl)[nH]c2cc1C.Cl. The molecular weight excluding hydrogens is 301 g/mol. The van der Waals surface area contributed by atoms with Crippen molar-refractivity contribution in [3.05, 3.63) is 28.4 Å². The summed E-state index contributed by atoms with van der Waals surface area (Å²) in [5, 5.41) is 8.68. The zero-order valence-corrected chi connectivity index (χ0v) is 12.5. The monoisotopic (exact) mass is 315 g/mol. The minimum Gasteiger partial charge on any atom is -0.496 e. The summed E-state index contributed by atoms with van der Waals surface area (Å²) >= 11 is 6.13. The second kappa shape index (κ2) is 6.49. The van der Waals surface area contributed by atoms with Gasteiger partial charge in [-0.05, 0) is 24.6 Å². The van der Waals surface area contributed by atoms with Crippen LogP contribution in [0.2, 0.25) is 5.15 Å². The number of halogens is 2. The van der Waals surface area contributed by atoms with Gasteiger partial charge in [-0.3, -0.25) is 0 Å². The van der Waals surface area contributed by atoms with E-state index in [1.807, 2.05) is 19.1 Å². The topological polar surface area (TPSA) is 102 Å². The number of ether oxygens (including phenoxy) is 1. The van der Waals surface area contributed by atoms with Gasteiger partial charge in [0.1, 0.15) is 10.9 Å². The molecule has 0 bridgehead atoms. The molecule has 0 aliphatic rings. The van der Waals surface area contributed by atoms with Crippen LogP contribution < -0.4 is 16.2 Å². The Morgan fingerprint density at radius 2 is 2.10 bits per heavy atom. The van der Waals surface area contributed by atoms with E-state index in [1.165, 1.54) is 6.21 Å². The Bertz CT molecular complexity index is 674. The number of nitrogens with zero attached hydrogens (tertiary/aromatic N) is 2. The Kier molecular flexibility index (Phi) is 5.24. The van der Waals surface area contributed by atoms with Gasteiger partial charge < -0.3 is 21.2 Å². The van der Waals surface area contributed by atoms with Crippen LogP contribution in [0.25, 0.3) is 10.9 Å². The Morgan fingerprint density at radius 1 is 1.40 bits per heavy atom. The molecule has 108 valence electrons. The van der Waals surface area contributed by atoms with E-state index in [4.69, 9.17) is 27.8 Å². The molecule has 0 unspecified atom stereocenters. The molecule has 0 saturated carbocycles. The molecule has 0 aliphatic heterocycles. The molecule has 2 rings (SSSR count). The first-order chi connectivity index (χ1) is 9.02. The van der Waals surface area contributed by atoms with Gasteiger partial charge in [-0.15, -0.1) is 17.5 Å². The van der Waals surface area contributed by atoms with Gasteiger partial charge in [-0.2, -0.15) is 5.10 Å². The Morgan fingerprint density at radius 3 is 2.70 bits per heavy atom. The number of benzene rings is 1. The fourth-order valence-corrected chi connectivity index (χ4v) is 2.07. The van der Waals surface area contributed by atoms with Gasteiger partial charge in [0, 0.05) is 16.5 Å². The van der Waals surface area contributed by atoms with Crippen molar-refractivity contribution in [3.63, 3.8) is 0 Å². The summed E-state index contributed by atoms with van der Waals surface area (Å²) in [6.07, 6.45) is 1.50. The quantitative estimate of drug-likeness (QED) is 0.459. The number of nitrogens with two attached hydrogens (primary N) is 2. The highest BCUT2D eigenvalue weighted by Crippen LogP contribution is 2.30. The first-order valence-corrected chi connectivity index (χ1v) is 5.88. The lowest BCUT2D eigenvalue weighted by Crippen LogP contribution is -2.21. The smallest absolute Gasteiger partial charge is 0.211 e. The lowest BCUT2D eigenvalue weighted by Gasteiger charge is -2.04.